The summed E-state index contributed by atoms with van der Waals surface area (Å²) in [5.74, 6) is 0.328. The van der Waals surface area contributed by atoms with Crippen LogP contribution in [-0.2, 0) is 16.0 Å². The van der Waals surface area contributed by atoms with Crippen LogP contribution in [-0.4, -0.2) is 60.7 Å². The van der Waals surface area contributed by atoms with Crippen LogP contribution in [0.1, 0.15) is 54.9 Å². The van der Waals surface area contributed by atoms with Crippen LogP contribution in [0.4, 0.5) is 5.69 Å². The summed E-state index contributed by atoms with van der Waals surface area (Å²) in [7, 11) is 1.78. The second-order valence-corrected chi connectivity index (χ2v) is 7.43. The molecule has 2 aliphatic heterocycles. The van der Waals surface area contributed by atoms with E-state index in [1.54, 1.807) is 11.9 Å². The van der Waals surface area contributed by atoms with Gasteiger partial charge in [0.05, 0.1) is 0 Å². The summed E-state index contributed by atoms with van der Waals surface area (Å²) in [6, 6.07) is 5.61. The quantitative estimate of drug-likeness (QED) is 0.817. The van der Waals surface area contributed by atoms with Crippen molar-refractivity contribution in [3.8, 4) is 0 Å². The molecule has 1 saturated heterocycles. The van der Waals surface area contributed by atoms with E-state index in [9.17, 15) is 14.4 Å². The van der Waals surface area contributed by atoms with Gasteiger partial charge >= 0.3 is 0 Å². The third kappa shape index (κ3) is 4.31. The number of hydrogen-bond donors (Lipinski definition) is 0. The molecular weight excluding hydrogens is 342 g/mol. The van der Waals surface area contributed by atoms with Gasteiger partial charge in [-0.25, -0.2) is 0 Å². The number of hydrogen-bond acceptors (Lipinski definition) is 3. The van der Waals surface area contributed by atoms with Gasteiger partial charge in [0.15, 0.2) is 0 Å². The normalized spacial score (nSPS) is 17.6. The van der Waals surface area contributed by atoms with Crippen molar-refractivity contribution in [2.45, 2.75) is 45.4 Å². The molecule has 3 amide bonds. The first-order chi connectivity index (χ1) is 13.0. The molecule has 0 spiro atoms. The standard InChI is InChI=1S/C21H29N3O3/c1-3-4-6-20(26)23-11-5-12-24(14-13-23)21(27)17-7-9-18-16(15-17)8-10-19(25)22(18)2/h7,9,15H,3-6,8,10-14H2,1-2H3. The predicted octanol–water partition coefficient (Wildman–Crippen LogP) is 2.46. The number of rotatable bonds is 4. The lowest BCUT2D eigenvalue weighted by Gasteiger charge is -2.27. The summed E-state index contributed by atoms with van der Waals surface area (Å²) in [5, 5.41) is 0. The lowest BCUT2D eigenvalue weighted by molar-refractivity contribution is -0.131. The van der Waals surface area contributed by atoms with Crippen LogP contribution >= 0.6 is 0 Å². The topological polar surface area (TPSA) is 60.9 Å². The minimum atomic E-state index is 0.0141. The van der Waals surface area contributed by atoms with Crippen LogP contribution in [0.15, 0.2) is 18.2 Å². The molecule has 0 unspecified atom stereocenters. The van der Waals surface area contributed by atoms with Crippen LogP contribution in [0.5, 0.6) is 0 Å². The van der Waals surface area contributed by atoms with E-state index >= 15 is 0 Å². The highest BCUT2D eigenvalue weighted by Crippen LogP contribution is 2.28. The molecule has 0 aliphatic carbocycles. The Hall–Kier alpha value is -2.37. The van der Waals surface area contributed by atoms with E-state index in [0.717, 1.165) is 37.1 Å². The van der Waals surface area contributed by atoms with Crippen molar-refractivity contribution >= 4 is 23.4 Å². The number of unbranched alkanes of at least 4 members (excludes halogenated alkanes) is 1. The Kier molecular flexibility index (Phi) is 6.14. The lowest BCUT2D eigenvalue weighted by Crippen LogP contribution is -2.37. The first-order valence-corrected chi connectivity index (χ1v) is 9.97. The number of fused-ring (bicyclic) bond motifs is 1. The van der Waals surface area contributed by atoms with Crippen LogP contribution in [0, 0.1) is 0 Å². The fraction of sp³-hybridized carbons (Fsp3) is 0.571. The summed E-state index contributed by atoms with van der Waals surface area (Å²) in [4.78, 5) is 42.5. The van der Waals surface area contributed by atoms with Gasteiger partial charge in [0.1, 0.15) is 0 Å². The van der Waals surface area contributed by atoms with Gasteiger partial charge in [-0.3, -0.25) is 14.4 Å². The molecule has 0 aromatic heterocycles. The Bertz CT molecular complexity index is 731. The van der Waals surface area contributed by atoms with Crippen molar-refractivity contribution in [3.05, 3.63) is 29.3 Å². The van der Waals surface area contributed by atoms with Gasteiger partial charge in [0.25, 0.3) is 5.91 Å². The summed E-state index contributed by atoms with van der Waals surface area (Å²) in [5.41, 5.74) is 2.61. The molecule has 0 N–H and O–H groups in total. The van der Waals surface area contributed by atoms with Crippen molar-refractivity contribution in [2.75, 3.05) is 38.1 Å². The smallest absolute Gasteiger partial charge is 0.253 e. The molecule has 3 rings (SSSR count). The molecule has 6 nitrogen and oxygen atoms in total. The molecule has 0 saturated carbocycles. The van der Waals surface area contributed by atoms with Crippen LogP contribution < -0.4 is 4.90 Å². The maximum Gasteiger partial charge on any atom is 0.253 e. The third-order valence-corrected chi connectivity index (χ3v) is 5.55. The SMILES string of the molecule is CCCCC(=O)N1CCCN(C(=O)c2ccc3c(c2)CCC(=O)N3C)CC1. The maximum atomic E-state index is 13.0. The monoisotopic (exact) mass is 371 g/mol. The van der Waals surface area contributed by atoms with E-state index in [0.29, 0.717) is 44.5 Å². The number of amides is 3. The van der Waals surface area contributed by atoms with Gasteiger partial charge in [0.2, 0.25) is 11.8 Å². The Morgan fingerprint density at radius 3 is 2.56 bits per heavy atom. The summed E-state index contributed by atoms with van der Waals surface area (Å²) < 4.78 is 0. The van der Waals surface area contributed by atoms with E-state index < -0.39 is 0 Å². The Morgan fingerprint density at radius 1 is 1.04 bits per heavy atom. The molecule has 1 aromatic rings. The van der Waals surface area contributed by atoms with E-state index in [4.69, 9.17) is 0 Å². The van der Waals surface area contributed by atoms with Crippen molar-refractivity contribution in [3.63, 3.8) is 0 Å². The number of carbonyl (C=O) groups is 3. The van der Waals surface area contributed by atoms with Crippen molar-refractivity contribution in [1.82, 2.24) is 9.80 Å². The molecule has 2 aliphatic rings. The molecular formula is C21H29N3O3. The number of carbonyl (C=O) groups excluding carboxylic acids is 3. The number of aryl methyl sites for hydroxylation is 1. The Balaban J connectivity index is 1.66. The van der Waals surface area contributed by atoms with Crippen LogP contribution in [0.25, 0.3) is 0 Å². The zero-order valence-electron chi connectivity index (χ0n) is 16.4. The molecule has 1 aromatic carbocycles. The average molecular weight is 371 g/mol. The number of benzene rings is 1. The predicted molar refractivity (Wildman–Crippen MR) is 105 cm³/mol. The Morgan fingerprint density at radius 2 is 1.78 bits per heavy atom. The first-order valence-electron chi connectivity index (χ1n) is 9.97. The largest absolute Gasteiger partial charge is 0.341 e. The van der Waals surface area contributed by atoms with E-state index in [1.807, 2.05) is 28.0 Å². The molecule has 146 valence electrons. The van der Waals surface area contributed by atoms with Crippen molar-refractivity contribution in [1.29, 1.82) is 0 Å². The third-order valence-electron chi connectivity index (χ3n) is 5.55. The first kappa shape index (κ1) is 19.4. The maximum absolute atomic E-state index is 13.0. The second-order valence-electron chi connectivity index (χ2n) is 7.43. The lowest BCUT2D eigenvalue weighted by atomic mass is 9.98. The Labute approximate surface area is 161 Å². The highest BCUT2D eigenvalue weighted by atomic mass is 16.2. The van der Waals surface area contributed by atoms with Crippen LogP contribution in [0.2, 0.25) is 0 Å². The van der Waals surface area contributed by atoms with E-state index in [-0.39, 0.29) is 17.7 Å². The average Bonchev–Trinajstić information content (AvgIpc) is 2.94. The molecule has 0 bridgehead atoms. The zero-order valence-corrected chi connectivity index (χ0v) is 16.4. The van der Waals surface area contributed by atoms with Gasteiger partial charge in [-0.2, -0.15) is 0 Å². The van der Waals surface area contributed by atoms with Gasteiger partial charge in [-0.1, -0.05) is 13.3 Å². The highest BCUT2D eigenvalue weighted by molar-refractivity contribution is 5.99. The van der Waals surface area contributed by atoms with Crippen LogP contribution in [0.3, 0.4) is 0 Å². The molecule has 6 heteroatoms. The minimum absolute atomic E-state index is 0.0141. The van der Waals surface area contributed by atoms with Gasteiger partial charge in [-0.15, -0.1) is 0 Å². The van der Waals surface area contributed by atoms with Gasteiger partial charge in [0, 0.05) is 57.3 Å². The number of anilines is 1. The highest BCUT2D eigenvalue weighted by Gasteiger charge is 2.25. The van der Waals surface area contributed by atoms with E-state index in [1.165, 1.54) is 0 Å². The summed E-state index contributed by atoms with van der Waals surface area (Å²) in [6.07, 6.45) is 4.51. The minimum Gasteiger partial charge on any atom is -0.341 e. The summed E-state index contributed by atoms with van der Waals surface area (Å²) in [6.45, 7) is 4.67. The van der Waals surface area contributed by atoms with Crippen molar-refractivity contribution < 1.29 is 14.4 Å². The van der Waals surface area contributed by atoms with Gasteiger partial charge in [-0.05, 0) is 43.0 Å². The molecule has 1 fully saturated rings. The molecule has 27 heavy (non-hydrogen) atoms. The zero-order chi connectivity index (χ0) is 19.4. The van der Waals surface area contributed by atoms with E-state index in [2.05, 4.69) is 6.92 Å². The second kappa shape index (κ2) is 8.55. The molecule has 0 atom stereocenters. The molecule has 0 radical (unpaired) electrons. The van der Waals surface area contributed by atoms with Gasteiger partial charge < -0.3 is 14.7 Å². The fourth-order valence-corrected chi connectivity index (χ4v) is 3.83. The molecule has 2 heterocycles. The van der Waals surface area contributed by atoms with Crippen molar-refractivity contribution in [2.24, 2.45) is 0 Å². The fourth-order valence-electron chi connectivity index (χ4n) is 3.83. The summed E-state index contributed by atoms with van der Waals surface area (Å²) >= 11 is 0. The number of nitrogens with zero attached hydrogens (tertiary/aromatic N) is 3.